The van der Waals surface area contributed by atoms with E-state index in [-0.39, 0.29) is 12.4 Å². The molecular formula is C5H6O2. The van der Waals surface area contributed by atoms with Gasteiger partial charge in [-0.3, -0.25) is 4.79 Å². The predicted molar refractivity (Wildman–Crippen MR) is 25.0 cm³/mol. The SMILES string of the molecule is O=C1C=CCOC1. The summed E-state index contributed by atoms with van der Waals surface area (Å²) in [5, 5.41) is 0. The Kier molecular flexibility index (Phi) is 1.22. The van der Waals surface area contributed by atoms with Crippen LogP contribution in [0.15, 0.2) is 12.2 Å². The van der Waals surface area contributed by atoms with Crippen molar-refractivity contribution in [2.45, 2.75) is 0 Å². The van der Waals surface area contributed by atoms with Crippen molar-refractivity contribution in [1.82, 2.24) is 0 Å². The summed E-state index contributed by atoms with van der Waals surface area (Å²) in [7, 11) is 0. The van der Waals surface area contributed by atoms with E-state index in [0.717, 1.165) is 0 Å². The molecule has 1 aliphatic rings. The number of rotatable bonds is 0. The van der Waals surface area contributed by atoms with Crippen molar-refractivity contribution < 1.29 is 9.53 Å². The molecule has 0 aliphatic carbocycles. The normalized spacial score (nSPS) is 20.3. The Bertz CT molecular complexity index is 105. The van der Waals surface area contributed by atoms with Crippen LogP contribution in [0.2, 0.25) is 0 Å². The zero-order chi connectivity index (χ0) is 5.11. The van der Waals surface area contributed by atoms with Gasteiger partial charge in [0.15, 0.2) is 5.78 Å². The zero-order valence-electron chi connectivity index (χ0n) is 3.89. The van der Waals surface area contributed by atoms with Gasteiger partial charge in [0.1, 0.15) is 6.61 Å². The largest absolute Gasteiger partial charge is 0.369 e. The second kappa shape index (κ2) is 1.89. The van der Waals surface area contributed by atoms with Crippen molar-refractivity contribution in [2.24, 2.45) is 0 Å². The lowest BCUT2D eigenvalue weighted by molar-refractivity contribution is -0.119. The van der Waals surface area contributed by atoms with Crippen molar-refractivity contribution in [3.63, 3.8) is 0 Å². The molecule has 0 aromatic heterocycles. The lowest BCUT2D eigenvalue weighted by atomic mass is 10.3. The molecule has 0 saturated carbocycles. The van der Waals surface area contributed by atoms with Crippen LogP contribution in [0.25, 0.3) is 0 Å². The fourth-order valence-electron chi connectivity index (χ4n) is 0.455. The topological polar surface area (TPSA) is 26.3 Å². The summed E-state index contributed by atoms with van der Waals surface area (Å²) < 4.78 is 4.75. The Balaban J connectivity index is 2.51. The van der Waals surface area contributed by atoms with E-state index in [1.54, 1.807) is 12.2 Å². The third-order valence-corrected chi connectivity index (χ3v) is 0.762. The molecule has 38 valence electrons. The highest BCUT2D eigenvalue weighted by atomic mass is 16.5. The summed E-state index contributed by atoms with van der Waals surface area (Å²) in [5.74, 6) is 0.0613. The van der Waals surface area contributed by atoms with Gasteiger partial charge in [-0.05, 0) is 6.08 Å². The molecule has 0 radical (unpaired) electrons. The molecule has 0 spiro atoms. The molecule has 1 heterocycles. The van der Waals surface area contributed by atoms with Crippen LogP contribution in [-0.4, -0.2) is 19.0 Å². The fraction of sp³-hybridized carbons (Fsp3) is 0.400. The molecule has 0 amide bonds. The average molecular weight is 98.1 g/mol. The van der Waals surface area contributed by atoms with Crippen molar-refractivity contribution >= 4 is 5.78 Å². The Hall–Kier alpha value is -0.630. The standard InChI is InChI=1S/C5H6O2/c6-5-2-1-3-7-4-5/h1-2H,3-4H2. The highest BCUT2D eigenvalue weighted by Gasteiger charge is 1.98. The van der Waals surface area contributed by atoms with Crippen LogP contribution in [0.3, 0.4) is 0 Å². The van der Waals surface area contributed by atoms with Gasteiger partial charge in [-0.1, -0.05) is 6.08 Å². The summed E-state index contributed by atoms with van der Waals surface area (Å²) in [6, 6.07) is 0. The van der Waals surface area contributed by atoms with Gasteiger partial charge in [0.25, 0.3) is 0 Å². The number of ketones is 1. The molecule has 2 heteroatoms. The fourth-order valence-corrected chi connectivity index (χ4v) is 0.455. The lowest BCUT2D eigenvalue weighted by Crippen LogP contribution is -2.09. The maximum Gasteiger partial charge on any atom is 0.181 e. The number of ether oxygens (including phenoxy) is 1. The number of hydrogen-bond donors (Lipinski definition) is 0. The molecule has 0 N–H and O–H groups in total. The second-order valence-electron chi connectivity index (χ2n) is 1.38. The van der Waals surface area contributed by atoms with Crippen molar-refractivity contribution in [1.29, 1.82) is 0 Å². The van der Waals surface area contributed by atoms with Gasteiger partial charge < -0.3 is 4.74 Å². The Labute approximate surface area is 41.8 Å². The minimum absolute atomic E-state index is 0.0613. The number of hydrogen-bond acceptors (Lipinski definition) is 2. The maximum absolute atomic E-state index is 10.3. The molecule has 0 aromatic carbocycles. The molecule has 0 unspecified atom stereocenters. The molecule has 1 aliphatic heterocycles. The van der Waals surface area contributed by atoms with E-state index < -0.39 is 0 Å². The van der Waals surface area contributed by atoms with Crippen molar-refractivity contribution in [3.05, 3.63) is 12.2 Å². The van der Waals surface area contributed by atoms with Crippen LogP contribution in [0.1, 0.15) is 0 Å². The first kappa shape index (κ1) is 4.53. The Morgan fingerprint density at radius 3 is 2.86 bits per heavy atom. The maximum atomic E-state index is 10.3. The van der Waals surface area contributed by atoms with Gasteiger partial charge in [-0.15, -0.1) is 0 Å². The number of carbonyl (C=O) groups excluding carboxylic acids is 1. The van der Waals surface area contributed by atoms with Gasteiger partial charge >= 0.3 is 0 Å². The predicted octanol–water partition coefficient (Wildman–Crippen LogP) is 0.142. The molecule has 0 saturated heterocycles. The number of carbonyl (C=O) groups is 1. The van der Waals surface area contributed by atoms with Crippen molar-refractivity contribution in [2.75, 3.05) is 13.2 Å². The minimum Gasteiger partial charge on any atom is -0.369 e. The minimum atomic E-state index is 0.0613. The van der Waals surface area contributed by atoms with E-state index >= 15 is 0 Å². The molecular weight excluding hydrogens is 92.1 g/mol. The molecule has 7 heavy (non-hydrogen) atoms. The molecule has 0 fully saturated rings. The molecule has 2 nitrogen and oxygen atoms in total. The second-order valence-corrected chi connectivity index (χ2v) is 1.38. The van der Waals surface area contributed by atoms with Crippen LogP contribution in [-0.2, 0) is 9.53 Å². The summed E-state index contributed by atoms with van der Waals surface area (Å²) >= 11 is 0. The van der Waals surface area contributed by atoms with Crippen LogP contribution in [0.4, 0.5) is 0 Å². The zero-order valence-corrected chi connectivity index (χ0v) is 3.89. The lowest BCUT2D eigenvalue weighted by Gasteiger charge is -2.00. The van der Waals surface area contributed by atoms with E-state index in [1.807, 2.05) is 0 Å². The molecule has 0 atom stereocenters. The summed E-state index contributed by atoms with van der Waals surface area (Å²) in [5.41, 5.74) is 0. The van der Waals surface area contributed by atoms with Gasteiger partial charge in [0.2, 0.25) is 0 Å². The molecule has 0 aromatic rings. The smallest absolute Gasteiger partial charge is 0.181 e. The highest BCUT2D eigenvalue weighted by Crippen LogP contribution is 1.87. The van der Waals surface area contributed by atoms with Crippen LogP contribution in [0, 0.1) is 0 Å². The van der Waals surface area contributed by atoms with Crippen LogP contribution >= 0.6 is 0 Å². The van der Waals surface area contributed by atoms with Gasteiger partial charge in [0.05, 0.1) is 6.61 Å². The highest BCUT2D eigenvalue weighted by molar-refractivity contribution is 5.91. The Morgan fingerprint density at radius 2 is 2.57 bits per heavy atom. The van der Waals surface area contributed by atoms with E-state index in [9.17, 15) is 4.79 Å². The summed E-state index contributed by atoms with van der Waals surface area (Å²) in [6.07, 6.45) is 3.26. The van der Waals surface area contributed by atoms with Gasteiger partial charge in [-0.25, -0.2) is 0 Å². The monoisotopic (exact) mass is 98.0 g/mol. The summed E-state index contributed by atoms with van der Waals surface area (Å²) in [6.45, 7) is 0.849. The summed E-state index contributed by atoms with van der Waals surface area (Å²) in [4.78, 5) is 10.3. The first-order valence-electron chi connectivity index (χ1n) is 2.17. The van der Waals surface area contributed by atoms with Crippen LogP contribution in [0.5, 0.6) is 0 Å². The van der Waals surface area contributed by atoms with E-state index in [0.29, 0.717) is 6.61 Å². The van der Waals surface area contributed by atoms with Gasteiger partial charge in [0, 0.05) is 0 Å². The Morgan fingerprint density at radius 1 is 1.71 bits per heavy atom. The molecule has 1 rings (SSSR count). The van der Waals surface area contributed by atoms with E-state index in [1.165, 1.54) is 0 Å². The van der Waals surface area contributed by atoms with E-state index in [2.05, 4.69) is 0 Å². The van der Waals surface area contributed by atoms with Crippen LogP contribution < -0.4 is 0 Å². The first-order chi connectivity index (χ1) is 3.39. The third kappa shape index (κ3) is 1.12. The van der Waals surface area contributed by atoms with Crippen molar-refractivity contribution in [3.8, 4) is 0 Å². The average Bonchev–Trinajstić information content (AvgIpc) is 1.69. The quantitative estimate of drug-likeness (QED) is 0.431. The first-order valence-corrected chi connectivity index (χ1v) is 2.17. The van der Waals surface area contributed by atoms with E-state index in [4.69, 9.17) is 4.74 Å². The third-order valence-electron chi connectivity index (χ3n) is 0.762. The van der Waals surface area contributed by atoms with Gasteiger partial charge in [-0.2, -0.15) is 0 Å². The molecule has 0 bridgehead atoms.